The molecule has 0 aliphatic heterocycles. The summed E-state index contributed by atoms with van der Waals surface area (Å²) >= 11 is 8.07. The second-order valence-electron chi connectivity index (χ2n) is 2.34. The SMILES string of the molecule is Clc1cccc2nnc(I)cc12. The summed E-state index contributed by atoms with van der Waals surface area (Å²) in [6.07, 6.45) is 0. The molecule has 0 spiro atoms. The van der Waals surface area contributed by atoms with E-state index in [1.807, 2.05) is 24.3 Å². The molecule has 60 valence electrons. The third kappa shape index (κ3) is 1.38. The number of benzene rings is 1. The van der Waals surface area contributed by atoms with E-state index in [1.54, 1.807) is 0 Å². The lowest BCUT2D eigenvalue weighted by atomic mass is 10.2. The van der Waals surface area contributed by atoms with E-state index in [2.05, 4.69) is 32.8 Å². The van der Waals surface area contributed by atoms with Gasteiger partial charge in [0.25, 0.3) is 0 Å². The van der Waals surface area contributed by atoms with E-state index in [4.69, 9.17) is 11.6 Å². The van der Waals surface area contributed by atoms with E-state index in [9.17, 15) is 0 Å². The number of aromatic nitrogens is 2. The lowest BCUT2D eigenvalue weighted by molar-refractivity contribution is 1.04. The zero-order valence-electron chi connectivity index (χ0n) is 5.96. The number of nitrogens with zero attached hydrogens (tertiary/aromatic N) is 2. The van der Waals surface area contributed by atoms with Crippen LogP contribution in [-0.4, -0.2) is 10.2 Å². The second kappa shape index (κ2) is 3.14. The summed E-state index contributed by atoms with van der Waals surface area (Å²) in [6, 6.07) is 7.53. The second-order valence-corrected chi connectivity index (χ2v) is 3.85. The van der Waals surface area contributed by atoms with Crippen LogP contribution >= 0.6 is 34.2 Å². The Hall–Kier alpha value is -0.420. The van der Waals surface area contributed by atoms with Crippen LogP contribution in [0.1, 0.15) is 0 Å². The van der Waals surface area contributed by atoms with Crippen molar-refractivity contribution < 1.29 is 0 Å². The first-order chi connectivity index (χ1) is 5.77. The van der Waals surface area contributed by atoms with Gasteiger partial charge < -0.3 is 0 Å². The normalized spacial score (nSPS) is 10.5. The fraction of sp³-hybridized carbons (Fsp3) is 0. The average Bonchev–Trinajstić information content (AvgIpc) is 2.07. The van der Waals surface area contributed by atoms with Crippen molar-refractivity contribution in [2.24, 2.45) is 0 Å². The molecule has 0 fully saturated rings. The van der Waals surface area contributed by atoms with Gasteiger partial charge in [-0.3, -0.25) is 0 Å². The molecule has 0 saturated heterocycles. The van der Waals surface area contributed by atoms with Crippen LogP contribution in [0.2, 0.25) is 5.02 Å². The van der Waals surface area contributed by atoms with Gasteiger partial charge in [-0.15, -0.1) is 10.2 Å². The highest BCUT2D eigenvalue weighted by atomic mass is 127. The van der Waals surface area contributed by atoms with E-state index in [0.717, 1.165) is 19.6 Å². The lowest BCUT2D eigenvalue weighted by Gasteiger charge is -1.97. The van der Waals surface area contributed by atoms with Gasteiger partial charge in [0.05, 0.1) is 10.5 Å². The van der Waals surface area contributed by atoms with Gasteiger partial charge in [0.1, 0.15) is 3.70 Å². The van der Waals surface area contributed by atoms with Crippen LogP contribution in [0.3, 0.4) is 0 Å². The fourth-order valence-corrected chi connectivity index (χ4v) is 1.65. The molecule has 1 heterocycles. The minimum absolute atomic E-state index is 0.723. The Morgan fingerprint density at radius 3 is 2.92 bits per heavy atom. The van der Waals surface area contributed by atoms with Crippen molar-refractivity contribution in [3.05, 3.63) is 33.0 Å². The summed E-state index contributed by atoms with van der Waals surface area (Å²) in [5, 5.41) is 9.61. The van der Waals surface area contributed by atoms with Crippen LogP contribution in [0.25, 0.3) is 10.9 Å². The standard InChI is InChI=1S/C8H4ClIN2/c9-6-2-1-3-7-5(6)4-8(10)12-11-7/h1-4H. The molecule has 0 unspecified atom stereocenters. The van der Waals surface area contributed by atoms with Gasteiger partial charge in [-0.05, 0) is 40.8 Å². The molecule has 1 aromatic carbocycles. The predicted octanol–water partition coefficient (Wildman–Crippen LogP) is 2.89. The van der Waals surface area contributed by atoms with E-state index in [-0.39, 0.29) is 0 Å². The molecule has 4 heteroatoms. The quantitative estimate of drug-likeness (QED) is 0.697. The minimum Gasteiger partial charge on any atom is -0.149 e. The highest BCUT2D eigenvalue weighted by Crippen LogP contribution is 2.21. The maximum atomic E-state index is 5.96. The van der Waals surface area contributed by atoms with Gasteiger partial charge in [0.2, 0.25) is 0 Å². The summed E-state index contributed by atoms with van der Waals surface area (Å²) in [7, 11) is 0. The first kappa shape index (κ1) is 8.19. The van der Waals surface area contributed by atoms with Gasteiger partial charge in [-0.25, -0.2) is 0 Å². The van der Waals surface area contributed by atoms with Crippen molar-refractivity contribution in [1.82, 2.24) is 10.2 Å². The Kier molecular flexibility index (Phi) is 2.14. The Morgan fingerprint density at radius 1 is 1.25 bits per heavy atom. The zero-order valence-corrected chi connectivity index (χ0v) is 8.87. The van der Waals surface area contributed by atoms with Crippen molar-refractivity contribution in [2.45, 2.75) is 0 Å². The van der Waals surface area contributed by atoms with Crippen molar-refractivity contribution in [2.75, 3.05) is 0 Å². The number of hydrogen-bond donors (Lipinski definition) is 0. The zero-order chi connectivity index (χ0) is 8.55. The summed E-state index contributed by atoms with van der Waals surface area (Å²) in [6.45, 7) is 0. The molecular weight excluding hydrogens is 286 g/mol. The van der Waals surface area contributed by atoms with Crippen molar-refractivity contribution in [1.29, 1.82) is 0 Å². The Bertz CT molecular complexity index is 430. The van der Waals surface area contributed by atoms with Gasteiger partial charge in [-0.2, -0.15) is 0 Å². The highest BCUT2D eigenvalue weighted by Gasteiger charge is 1.99. The molecule has 0 atom stereocenters. The fourth-order valence-electron chi connectivity index (χ4n) is 1.01. The van der Waals surface area contributed by atoms with E-state index in [1.165, 1.54) is 0 Å². The van der Waals surface area contributed by atoms with Gasteiger partial charge >= 0.3 is 0 Å². The molecule has 2 rings (SSSR count). The van der Waals surface area contributed by atoms with Crippen LogP contribution in [-0.2, 0) is 0 Å². The largest absolute Gasteiger partial charge is 0.149 e. The molecule has 0 bridgehead atoms. The Balaban J connectivity index is 2.88. The molecule has 0 radical (unpaired) electrons. The molecule has 0 aliphatic carbocycles. The number of halogens is 2. The van der Waals surface area contributed by atoms with Crippen LogP contribution in [0.15, 0.2) is 24.3 Å². The Morgan fingerprint density at radius 2 is 2.08 bits per heavy atom. The van der Waals surface area contributed by atoms with Gasteiger partial charge in [-0.1, -0.05) is 17.7 Å². The molecule has 2 nitrogen and oxygen atoms in total. The van der Waals surface area contributed by atoms with Crippen LogP contribution < -0.4 is 0 Å². The Labute approximate surface area is 88.1 Å². The summed E-state index contributed by atoms with van der Waals surface area (Å²) in [5.41, 5.74) is 0.836. The smallest absolute Gasteiger partial charge is 0.124 e. The molecule has 2 aromatic rings. The van der Waals surface area contributed by atoms with E-state index >= 15 is 0 Å². The third-order valence-corrected chi connectivity index (χ3v) is 2.40. The number of fused-ring (bicyclic) bond motifs is 1. The van der Waals surface area contributed by atoms with Crippen molar-refractivity contribution >= 4 is 45.1 Å². The van der Waals surface area contributed by atoms with Gasteiger partial charge in [0.15, 0.2) is 0 Å². The van der Waals surface area contributed by atoms with Crippen molar-refractivity contribution in [3.63, 3.8) is 0 Å². The van der Waals surface area contributed by atoms with E-state index < -0.39 is 0 Å². The molecule has 0 saturated carbocycles. The number of rotatable bonds is 0. The minimum atomic E-state index is 0.723. The predicted molar refractivity (Wildman–Crippen MR) is 57.3 cm³/mol. The monoisotopic (exact) mass is 290 g/mol. The molecule has 0 amide bonds. The maximum Gasteiger partial charge on any atom is 0.124 e. The van der Waals surface area contributed by atoms with Crippen LogP contribution in [0.5, 0.6) is 0 Å². The highest BCUT2D eigenvalue weighted by molar-refractivity contribution is 14.1. The summed E-state index contributed by atoms with van der Waals surface area (Å²) < 4.78 is 0.855. The molecule has 12 heavy (non-hydrogen) atoms. The molecule has 1 aromatic heterocycles. The lowest BCUT2D eigenvalue weighted by Crippen LogP contribution is -1.86. The average molecular weight is 290 g/mol. The molecule has 0 N–H and O–H groups in total. The maximum absolute atomic E-state index is 5.96. The van der Waals surface area contributed by atoms with Crippen molar-refractivity contribution in [3.8, 4) is 0 Å². The van der Waals surface area contributed by atoms with Crippen LogP contribution in [0, 0.1) is 3.70 Å². The summed E-state index contributed by atoms with van der Waals surface area (Å²) in [4.78, 5) is 0. The molecule has 0 aliphatic rings. The first-order valence-corrected chi connectivity index (χ1v) is 4.80. The topological polar surface area (TPSA) is 25.8 Å². The summed E-state index contributed by atoms with van der Waals surface area (Å²) in [5.74, 6) is 0. The van der Waals surface area contributed by atoms with Crippen LogP contribution in [0.4, 0.5) is 0 Å². The number of hydrogen-bond acceptors (Lipinski definition) is 2. The van der Waals surface area contributed by atoms with Gasteiger partial charge in [0, 0.05) is 5.39 Å². The van der Waals surface area contributed by atoms with E-state index in [0.29, 0.717) is 0 Å². The third-order valence-electron chi connectivity index (χ3n) is 1.55. The first-order valence-electron chi connectivity index (χ1n) is 3.35. The molecular formula is C8H4ClIN2.